The summed E-state index contributed by atoms with van der Waals surface area (Å²) in [6, 6.07) is 3.16. The second-order valence-corrected chi connectivity index (χ2v) is 5.07. The van der Waals surface area contributed by atoms with Gasteiger partial charge < -0.3 is 25.3 Å². The molecule has 0 saturated heterocycles. The summed E-state index contributed by atoms with van der Waals surface area (Å²) in [4.78, 5) is 12.1. The van der Waals surface area contributed by atoms with Crippen LogP contribution in [0.25, 0.3) is 0 Å². The summed E-state index contributed by atoms with van der Waals surface area (Å²) in [5.41, 5.74) is 6.59. The average Bonchev–Trinajstić information content (AvgIpc) is 3.30. The van der Waals surface area contributed by atoms with Crippen LogP contribution in [-0.4, -0.2) is 39.9 Å². The Balaban J connectivity index is 1.88. The molecule has 0 atom stereocenters. The lowest BCUT2D eigenvalue weighted by Crippen LogP contribution is -2.28. The molecule has 0 aliphatic heterocycles. The second-order valence-electron chi connectivity index (χ2n) is 5.07. The number of hydrogen-bond acceptors (Lipinski definition) is 5. The van der Waals surface area contributed by atoms with E-state index < -0.39 is 0 Å². The molecule has 3 N–H and O–H groups in total. The Bertz CT molecular complexity index is 501. The van der Waals surface area contributed by atoms with Gasteiger partial charge in [0, 0.05) is 24.9 Å². The Morgan fingerprint density at radius 1 is 1.29 bits per heavy atom. The van der Waals surface area contributed by atoms with E-state index in [2.05, 4.69) is 5.32 Å². The van der Waals surface area contributed by atoms with Crippen molar-refractivity contribution < 1.29 is 19.0 Å². The first kappa shape index (κ1) is 15.4. The molecule has 1 aliphatic rings. The molecule has 0 bridgehead atoms. The SMILES string of the molecule is COc1cc(N)c(C(=O)NCCOCC2CC2)cc1OC. The zero-order valence-electron chi connectivity index (χ0n) is 12.5. The fourth-order valence-electron chi connectivity index (χ4n) is 1.96. The number of nitrogens with one attached hydrogen (secondary N) is 1. The highest BCUT2D eigenvalue weighted by Gasteiger charge is 2.21. The van der Waals surface area contributed by atoms with Crippen molar-refractivity contribution in [1.82, 2.24) is 5.32 Å². The standard InChI is InChI=1S/C15H22N2O4/c1-19-13-7-11(12(16)8-14(13)20-2)15(18)17-5-6-21-9-10-3-4-10/h7-8,10H,3-6,9,16H2,1-2H3,(H,17,18). The van der Waals surface area contributed by atoms with Crippen molar-refractivity contribution in [2.24, 2.45) is 5.92 Å². The van der Waals surface area contributed by atoms with Crippen LogP contribution in [0.15, 0.2) is 12.1 Å². The fourth-order valence-corrected chi connectivity index (χ4v) is 1.96. The molecule has 1 aliphatic carbocycles. The first-order valence-electron chi connectivity index (χ1n) is 7.03. The van der Waals surface area contributed by atoms with Gasteiger partial charge in [0.25, 0.3) is 5.91 Å². The minimum Gasteiger partial charge on any atom is -0.493 e. The van der Waals surface area contributed by atoms with Gasteiger partial charge in [-0.3, -0.25) is 4.79 Å². The minimum absolute atomic E-state index is 0.247. The number of benzene rings is 1. The van der Waals surface area contributed by atoms with Gasteiger partial charge in [0.05, 0.1) is 26.4 Å². The molecule has 21 heavy (non-hydrogen) atoms. The normalized spacial score (nSPS) is 13.8. The van der Waals surface area contributed by atoms with Gasteiger partial charge in [0.15, 0.2) is 11.5 Å². The highest BCUT2D eigenvalue weighted by atomic mass is 16.5. The third-order valence-corrected chi connectivity index (χ3v) is 3.38. The van der Waals surface area contributed by atoms with Crippen LogP contribution in [0.1, 0.15) is 23.2 Å². The van der Waals surface area contributed by atoms with Crippen LogP contribution in [-0.2, 0) is 4.74 Å². The zero-order chi connectivity index (χ0) is 15.2. The van der Waals surface area contributed by atoms with E-state index in [0.717, 1.165) is 12.5 Å². The van der Waals surface area contributed by atoms with Gasteiger partial charge >= 0.3 is 0 Å². The molecule has 1 aromatic carbocycles. The van der Waals surface area contributed by atoms with Gasteiger partial charge in [0.2, 0.25) is 0 Å². The van der Waals surface area contributed by atoms with E-state index in [4.69, 9.17) is 19.9 Å². The summed E-state index contributed by atoms with van der Waals surface area (Å²) in [5, 5.41) is 2.78. The summed E-state index contributed by atoms with van der Waals surface area (Å²) in [7, 11) is 3.04. The maximum Gasteiger partial charge on any atom is 0.253 e. The number of carbonyl (C=O) groups is 1. The van der Waals surface area contributed by atoms with E-state index in [1.807, 2.05) is 0 Å². The molecule has 0 heterocycles. The van der Waals surface area contributed by atoms with Crippen LogP contribution < -0.4 is 20.5 Å². The van der Waals surface area contributed by atoms with E-state index in [-0.39, 0.29) is 5.91 Å². The number of amides is 1. The van der Waals surface area contributed by atoms with Crippen molar-refractivity contribution in [1.29, 1.82) is 0 Å². The van der Waals surface area contributed by atoms with Gasteiger partial charge in [-0.2, -0.15) is 0 Å². The molecule has 0 radical (unpaired) electrons. The number of nitrogens with two attached hydrogens (primary N) is 1. The van der Waals surface area contributed by atoms with E-state index >= 15 is 0 Å². The van der Waals surface area contributed by atoms with Crippen molar-refractivity contribution >= 4 is 11.6 Å². The third kappa shape index (κ3) is 4.26. The predicted molar refractivity (Wildman–Crippen MR) is 79.8 cm³/mol. The molecule has 1 saturated carbocycles. The van der Waals surface area contributed by atoms with E-state index in [9.17, 15) is 4.79 Å². The molecule has 0 unspecified atom stereocenters. The molecule has 1 amide bonds. The molecule has 116 valence electrons. The monoisotopic (exact) mass is 294 g/mol. The van der Waals surface area contributed by atoms with Crippen molar-refractivity contribution in [2.75, 3.05) is 39.7 Å². The predicted octanol–water partition coefficient (Wildman–Crippen LogP) is 1.44. The third-order valence-electron chi connectivity index (χ3n) is 3.38. The average molecular weight is 294 g/mol. The smallest absolute Gasteiger partial charge is 0.253 e. The molecule has 1 fully saturated rings. The van der Waals surface area contributed by atoms with E-state index in [0.29, 0.717) is 35.9 Å². The Labute approximate surface area is 124 Å². The van der Waals surface area contributed by atoms with Gasteiger partial charge in [-0.25, -0.2) is 0 Å². The Morgan fingerprint density at radius 2 is 1.95 bits per heavy atom. The fraction of sp³-hybridized carbons (Fsp3) is 0.533. The highest BCUT2D eigenvalue weighted by molar-refractivity contribution is 6.00. The molecule has 0 aromatic heterocycles. The van der Waals surface area contributed by atoms with E-state index in [1.165, 1.54) is 27.1 Å². The molecular weight excluding hydrogens is 272 g/mol. The number of ether oxygens (including phenoxy) is 3. The van der Waals surface area contributed by atoms with Gasteiger partial charge in [0.1, 0.15) is 0 Å². The lowest BCUT2D eigenvalue weighted by molar-refractivity contribution is 0.0907. The number of hydrogen-bond donors (Lipinski definition) is 2. The zero-order valence-corrected chi connectivity index (χ0v) is 12.5. The summed E-state index contributed by atoms with van der Waals surface area (Å²) in [6.07, 6.45) is 2.52. The van der Waals surface area contributed by atoms with Crippen molar-refractivity contribution in [3.05, 3.63) is 17.7 Å². The second kappa shape index (κ2) is 7.17. The Morgan fingerprint density at radius 3 is 2.57 bits per heavy atom. The number of methoxy groups -OCH3 is 2. The number of carbonyl (C=O) groups excluding carboxylic acids is 1. The van der Waals surface area contributed by atoms with Crippen LogP contribution in [0.2, 0.25) is 0 Å². The Kier molecular flexibility index (Phi) is 5.27. The first-order chi connectivity index (χ1) is 10.2. The molecule has 6 nitrogen and oxygen atoms in total. The number of nitrogen functional groups attached to an aromatic ring is 1. The maximum atomic E-state index is 12.1. The molecule has 0 spiro atoms. The summed E-state index contributed by atoms with van der Waals surface area (Å²) >= 11 is 0. The van der Waals surface area contributed by atoms with Gasteiger partial charge in [-0.05, 0) is 24.8 Å². The maximum absolute atomic E-state index is 12.1. The topological polar surface area (TPSA) is 82.8 Å². The van der Waals surface area contributed by atoms with Crippen LogP contribution in [0.5, 0.6) is 11.5 Å². The molecule has 6 heteroatoms. The molecule has 1 aromatic rings. The lowest BCUT2D eigenvalue weighted by atomic mass is 10.1. The van der Waals surface area contributed by atoms with Gasteiger partial charge in [-0.1, -0.05) is 0 Å². The van der Waals surface area contributed by atoms with E-state index in [1.54, 1.807) is 12.1 Å². The molecule has 2 rings (SSSR count). The van der Waals surface area contributed by atoms with Gasteiger partial charge in [-0.15, -0.1) is 0 Å². The minimum atomic E-state index is -0.247. The molecular formula is C15H22N2O4. The largest absolute Gasteiger partial charge is 0.493 e. The Hall–Kier alpha value is -1.95. The summed E-state index contributed by atoms with van der Waals surface area (Å²) in [5.74, 6) is 1.45. The summed E-state index contributed by atoms with van der Waals surface area (Å²) < 4.78 is 15.8. The highest BCUT2D eigenvalue weighted by Crippen LogP contribution is 2.31. The van der Waals surface area contributed by atoms with Crippen molar-refractivity contribution in [2.45, 2.75) is 12.8 Å². The summed E-state index contributed by atoms with van der Waals surface area (Å²) in [6.45, 7) is 1.75. The van der Waals surface area contributed by atoms with Crippen LogP contribution in [0.4, 0.5) is 5.69 Å². The van der Waals surface area contributed by atoms with Crippen LogP contribution in [0.3, 0.4) is 0 Å². The number of rotatable bonds is 8. The van der Waals surface area contributed by atoms with Crippen molar-refractivity contribution in [3.63, 3.8) is 0 Å². The van der Waals surface area contributed by atoms with Crippen LogP contribution >= 0.6 is 0 Å². The lowest BCUT2D eigenvalue weighted by Gasteiger charge is -2.12. The first-order valence-corrected chi connectivity index (χ1v) is 7.03. The van der Waals surface area contributed by atoms with Crippen molar-refractivity contribution in [3.8, 4) is 11.5 Å². The quantitative estimate of drug-likeness (QED) is 0.560. The van der Waals surface area contributed by atoms with Crippen LogP contribution in [0, 0.1) is 5.92 Å². The number of anilines is 1.